The van der Waals surface area contributed by atoms with Gasteiger partial charge in [-0.1, -0.05) is 0 Å². The maximum absolute atomic E-state index is 12.7. The van der Waals surface area contributed by atoms with E-state index >= 15 is 0 Å². The van der Waals surface area contributed by atoms with E-state index in [0.29, 0.717) is 0 Å². The third-order valence-corrected chi connectivity index (χ3v) is 2.39. The fraction of sp³-hybridized carbons (Fsp3) is 0.455. The molecule has 5 nitrogen and oxygen atoms in total. The van der Waals surface area contributed by atoms with Crippen LogP contribution in [0.15, 0.2) is 12.3 Å². The van der Waals surface area contributed by atoms with Crippen LogP contribution in [0.4, 0.5) is 13.2 Å². The SMILES string of the molecule is COc1ncc(CC(=O)N(C)OC)cc1C(F)(F)F. The van der Waals surface area contributed by atoms with E-state index in [1.807, 2.05) is 0 Å². The zero-order valence-corrected chi connectivity index (χ0v) is 10.6. The number of aromatic nitrogens is 1. The van der Waals surface area contributed by atoms with E-state index in [-0.39, 0.29) is 12.0 Å². The Labute approximate surface area is 107 Å². The average molecular weight is 278 g/mol. The molecule has 0 N–H and O–H groups in total. The lowest BCUT2D eigenvalue weighted by Gasteiger charge is -2.15. The maximum Gasteiger partial charge on any atom is 0.421 e. The van der Waals surface area contributed by atoms with Crippen LogP contribution in [0.2, 0.25) is 0 Å². The molecule has 0 fully saturated rings. The normalized spacial score (nSPS) is 11.3. The lowest BCUT2D eigenvalue weighted by molar-refractivity contribution is -0.167. The second kappa shape index (κ2) is 5.87. The van der Waals surface area contributed by atoms with Gasteiger partial charge in [0.05, 0.1) is 20.6 Å². The van der Waals surface area contributed by atoms with Crippen molar-refractivity contribution in [3.8, 4) is 5.88 Å². The zero-order chi connectivity index (χ0) is 14.6. The Kier molecular flexibility index (Phi) is 4.71. The number of pyridine rings is 1. The minimum atomic E-state index is -4.59. The Morgan fingerprint density at radius 3 is 2.53 bits per heavy atom. The lowest BCUT2D eigenvalue weighted by Crippen LogP contribution is -2.27. The number of ether oxygens (including phenoxy) is 1. The number of hydrogen-bond donors (Lipinski definition) is 0. The number of hydroxylamine groups is 2. The molecule has 1 amide bonds. The Morgan fingerprint density at radius 2 is 2.05 bits per heavy atom. The van der Waals surface area contributed by atoms with Gasteiger partial charge in [-0.05, 0) is 11.6 Å². The molecule has 0 aliphatic heterocycles. The summed E-state index contributed by atoms with van der Waals surface area (Å²) in [6.45, 7) is 0. The molecule has 0 spiro atoms. The first kappa shape index (κ1) is 15.2. The first-order chi connectivity index (χ1) is 8.79. The van der Waals surface area contributed by atoms with Gasteiger partial charge in [0.15, 0.2) is 0 Å². The summed E-state index contributed by atoms with van der Waals surface area (Å²) in [5, 5.41) is 0.928. The van der Waals surface area contributed by atoms with Gasteiger partial charge in [0.25, 0.3) is 0 Å². The highest BCUT2D eigenvalue weighted by Gasteiger charge is 2.35. The number of carbonyl (C=O) groups excluding carboxylic acids is 1. The van der Waals surface area contributed by atoms with Crippen molar-refractivity contribution in [1.29, 1.82) is 0 Å². The van der Waals surface area contributed by atoms with Gasteiger partial charge in [-0.25, -0.2) is 10.0 Å². The highest BCUT2D eigenvalue weighted by atomic mass is 19.4. The summed E-state index contributed by atoms with van der Waals surface area (Å²) in [5.41, 5.74) is -0.887. The van der Waals surface area contributed by atoms with Crippen LogP contribution < -0.4 is 4.74 Å². The summed E-state index contributed by atoms with van der Waals surface area (Å²) in [6.07, 6.45) is -3.68. The van der Waals surface area contributed by atoms with Crippen molar-refractivity contribution in [2.45, 2.75) is 12.6 Å². The summed E-state index contributed by atoms with van der Waals surface area (Å²) in [6, 6.07) is 0.841. The minimum absolute atomic E-state index is 0.127. The average Bonchev–Trinajstić information content (AvgIpc) is 2.36. The molecule has 0 saturated carbocycles. The molecule has 19 heavy (non-hydrogen) atoms. The number of nitrogens with zero attached hydrogens (tertiary/aromatic N) is 2. The summed E-state index contributed by atoms with van der Waals surface area (Å²) in [4.78, 5) is 19.7. The highest BCUT2D eigenvalue weighted by molar-refractivity contribution is 5.77. The predicted molar refractivity (Wildman–Crippen MR) is 59.3 cm³/mol. The van der Waals surface area contributed by atoms with Crippen LogP contribution in [0.5, 0.6) is 5.88 Å². The Morgan fingerprint density at radius 1 is 1.42 bits per heavy atom. The van der Waals surface area contributed by atoms with Crippen molar-refractivity contribution >= 4 is 5.91 Å². The van der Waals surface area contributed by atoms with Crippen LogP contribution in [0.25, 0.3) is 0 Å². The number of amides is 1. The molecule has 1 rings (SSSR count). The number of halogens is 3. The molecule has 0 aliphatic carbocycles. The molecule has 1 heterocycles. The van der Waals surface area contributed by atoms with Crippen LogP contribution in [0.1, 0.15) is 11.1 Å². The monoisotopic (exact) mass is 278 g/mol. The Hall–Kier alpha value is -1.83. The second-order valence-corrected chi connectivity index (χ2v) is 3.65. The van der Waals surface area contributed by atoms with Gasteiger partial charge in [0.1, 0.15) is 5.56 Å². The molecule has 0 aliphatic rings. The molecule has 1 aromatic rings. The summed E-state index contributed by atoms with van der Waals surface area (Å²) >= 11 is 0. The zero-order valence-electron chi connectivity index (χ0n) is 10.6. The van der Waals surface area contributed by atoms with Crippen molar-refractivity contribution in [3.63, 3.8) is 0 Å². The lowest BCUT2D eigenvalue weighted by atomic mass is 10.1. The topological polar surface area (TPSA) is 51.7 Å². The van der Waals surface area contributed by atoms with E-state index in [4.69, 9.17) is 0 Å². The summed E-state index contributed by atoms with van der Waals surface area (Å²) in [7, 11) is 3.75. The first-order valence-corrected chi connectivity index (χ1v) is 5.20. The van der Waals surface area contributed by atoms with Crippen LogP contribution in [0.3, 0.4) is 0 Å². The Balaban J connectivity index is 3.02. The standard InChI is InChI=1S/C11H13F3N2O3/c1-16(19-3)9(17)5-7-4-8(11(12,13)14)10(18-2)15-6-7/h4,6H,5H2,1-3H3. The van der Waals surface area contributed by atoms with Gasteiger partial charge in [0, 0.05) is 13.2 Å². The number of likely N-dealkylation sites (N-methyl/N-ethyl adjacent to an activating group) is 1. The quantitative estimate of drug-likeness (QED) is 0.786. The molecule has 8 heteroatoms. The molecular weight excluding hydrogens is 265 g/mol. The molecule has 0 bridgehead atoms. The largest absolute Gasteiger partial charge is 0.481 e. The van der Waals surface area contributed by atoms with Gasteiger partial charge in [0.2, 0.25) is 11.8 Å². The number of rotatable bonds is 4. The third-order valence-electron chi connectivity index (χ3n) is 2.39. The van der Waals surface area contributed by atoms with Crippen molar-refractivity contribution in [2.75, 3.05) is 21.3 Å². The van der Waals surface area contributed by atoms with Crippen molar-refractivity contribution in [1.82, 2.24) is 10.0 Å². The number of methoxy groups -OCH3 is 1. The van der Waals surface area contributed by atoms with E-state index in [9.17, 15) is 18.0 Å². The minimum Gasteiger partial charge on any atom is -0.481 e. The molecule has 0 aromatic carbocycles. The van der Waals surface area contributed by atoms with Gasteiger partial charge in [-0.3, -0.25) is 9.63 Å². The molecule has 0 radical (unpaired) electrons. The van der Waals surface area contributed by atoms with Gasteiger partial charge in [-0.15, -0.1) is 0 Å². The predicted octanol–water partition coefficient (Wildman–Crippen LogP) is 1.67. The first-order valence-electron chi connectivity index (χ1n) is 5.20. The Bertz CT molecular complexity index is 463. The van der Waals surface area contributed by atoms with Crippen LogP contribution in [0, 0.1) is 0 Å². The van der Waals surface area contributed by atoms with Crippen molar-refractivity contribution in [3.05, 3.63) is 23.4 Å². The van der Waals surface area contributed by atoms with Crippen molar-refractivity contribution in [2.24, 2.45) is 0 Å². The fourth-order valence-corrected chi connectivity index (χ4v) is 1.35. The number of carbonyl (C=O) groups is 1. The molecule has 106 valence electrons. The molecular formula is C11H13F3N2O3. The number of alkyl halides is 3. The second-order valence-electron chi connectivity index (χ2n) is 3.65. The van der Waals surface area contributed by atoms with Crippen LogP contribution >= 0.6 is 0 Å². The van der Waals surface area contributed by atoms with Gasteiger partial charge in [-0.2, -0.15) is 13.2 Å². The highest BCUT2D eigenvalue weighted by Crippen LogP contribution is 2.35. The van der Waals surface area contributed by atoms with E-state index in [1.54, 1.807) is 0 Å². The molecule has 0 unspecified atom stereocenters. The van der Waals surface area contributed by atoms with Crippen LogP contribution in [-0.4, -0.2) is 37.2 Å². The third kappa shape index (κ3) is 3.82. The molecule has 0 atom stereocenters. The smallest absolute Gasteiger partial charge is 0.421 e. The maximum atomic E-state index is 12.7. The van der Waals surface area contributed by atoms with E-state index < -0.39 is 23.5 Å². The fourth-order valence-electron chi connectivity index (χ4n) is 1.35. The van der Waals surface area contributed by atoms with Gasteiger partial charge < -0.3 is 4.74 Å². The van der Waals surface area contributed by atoms with E-state index in [2.05, 4.69) is 14.6 Å². The van der Waals surface area contributed by atoms with E-state index in [0.717, 1.165) is 24.4 Å². The molecule has 1 aromatic heterocycles. The summed E-state index contributed by atoms with van der Waals surface area (Å²) < 4.78 is 42.8. The number of hydrogen-bond acceptors (Lipinski definition) is 4. The van der Waals surface area contributed by atoms with E-state index in [1.165, 1.54) is 14.2 Å². The van der Waals surface area contributed by atoms with Crippen molar-refractivity contribution < 1.29 is 27.5 Å². The molecule has 0 saturated heterocycles. The van der Waals surface area contributed by atoms with Crippen LogP contribution in [-0.2, 0) is 22.2 Å². The summed E-state index contributed by atoms with van der Waals surface area (Å²) in [5.74, 6) is -1.01. The van der Waals surface area contributed by atoms with Gasteiger partial charge >= 0.3 is 6.18 Å².